The first kappa shape index (κ1) is 18.6. The second-order valence-corrected chi connectivity index (χ2v) is 8.49. The highest BCUT2D eigenvalue weighted by molar-refractivity contribution is 7.89. The lowest BCUT2D eigenvalue weighted by Gasteiger charge is -2.18. The Balaban J connectivity index is 1.74. The van der Waals surface area contributed by atoms with Crippen LogP contribution in [0.2, 0.25) is 0 Å². The third-order valence-corrected chi connectivity index (χ3v) is 6.20. The minimum absolute atomic E-state index is 0.000104. The molecule has 138 valence electrons. The van der Waals surface area contributed by atoms with Gasteiger partial charge in [0.05, 0.1) is 4.90 Å². The van der Waals surface area contributed by atoms with E-state index in [9.17, 15) is 13.2 Å². The summed E-state index contributed by atoms with van der Waals surface area (Å²) in [7, 11) is -1.89. The predicted molar refractivity (Wildman–Crippen MR) is 101 cm³/mol. The van der Waals surface area contributed by atoms with E-state index in [2.05, 4.69) is 4.72 Å². The maximum absolute atomic E-state index is 12.7. The molecule has 6 heteroatoms. The van der Waals surface area contributed by atoms with Crippen LogP contribution in [-0.4, -0.2) is 32.3 Å². The molecule has 0 atom stereocenters. The minimum atomic E-state index is -3.61. The van der Waals surface area contributed by atoms with Crippen LogP contribution in [0.25, 0.3) is 0 Å². The summed E-state index contributed by atoms with van der Waals surface area (Å²) >= 11 is 0. The van der Waals surface area contributed by atoms with Crippen molar-refractivity contribution in [2.75, 3.05) is 7.05 Å². The van der Waals surface area contributed by atoms with E-state index >= 15 is 0 Å². The Bertz CT molecular complexity index is 860. The lowest BCUT2D eigenvalue weighted by atomic mass is 10.1. The van der Waals surface area contributed by atoms with E-state index in [0.29, 0.717) is 12.1 Å². The highest BCUT2D eigenvalue weighted by Gasteiger charge is 2.24. The molecule has 1 aliphatic carbocycles. The quantitative estimate of drug-likeness (QED) is 0.847. The zero-order chi connectivity index (χ0) is 18.6. The molecule has 0 radical (unpaired) electrons. The van der Waals surface area contributed by atoms with Gasteiger partial charge < -0.3 is 4.90 Å². The molecule has 0 spiro atoms. The summed E-state index contributed by atoms with van der Waals surface area (Å²) in [6, 6.07) is 16.0. The van der Waals surface area contributed by atoms with Crippen molar-refractivity contribution in [2.24, 2.45) is 0 Å². The molecule has 0 aromatic heterocycles. The Morgan fingerprint density at radius 3 is 2.46 bits per heavy atom. The number of rotatable bonds is 6. The molecule has 0 heterocycles. The molecule has 2 aromatic carbocycles. The van der Waals surface area contributed by atoms with Gasteiger partial charge in [-0.2, -0.15) is 0 Å². The van der Waals surface area contributed by atoms with Crippen LogP contribution < -0.4 is 4.72 Å². The van der Waals surface area contributed by atoms with Gasteiger partial charge in [-0.1, -0.05) is 49.2 Å². The zero-order valence-electron chi connectivity index (χ0n) is 14.9. The number of hydrogen-bond donors (Lipinski definition) is 1. The maximum Gasteiger partial charge on any atom is 0.253 e. The molecule has 0 aliphatic heterocycles. The van der Waals surface area contributed by atoms with Crippen molar-refractivity contribution in [1.82, 2.24) is 9.62 Å². The Labute approximate surface area is 155 Å². The third-order valence-electron chi connectivity index (χ3n) is 4.68. The Kier molecular flexibility index (Phi) is 5.74. The van der Waals surface area contributed by atoms with Crippen molar-refractivity contribution in [3.63, 3.8) is 0 Å². The fraction of sp³-hybridized carbons (Fsp3) is 0.350. The highest BCUT2D eigenvalue weighted by atomic mass is 32.2. The van der Waals surface area contributed by atoms with Crippen LogP contribution in [0.1, 0.15) is 41.6 Å². The fourth-order valence-electron chi connectivity index (χ4n) is 3.28. The second kappa shape index (κ2) is 8.01. The smallest absolute Gasteiger partial charge is 0.253 e. The molecule has 0 unspecified atom stereocenters. The summed E-state index contributed by atoms with van der Waals surface area (Å²) in [6.45, 7) is 0.469. The predicted octanol–water partition coefficient (Wildman–Crippen LogP) is 3.18. The standard InChI is InChI=1S/C20H24N2O3S/c1-22(15-16-8-3-2-4-9-16)20(23)17-10-7-13-19(14-17)26(24,25)21-18-11-5-6-12-18/h2-4,7-10,13-14,18,21H,5-6,11-12,15H2,1H3. The molecule has 2 aromatic rings. The monoisotopic (exact) mass is 372 g/mol. The molecule has 1 fully saturated rings. The van der Waals surface area contributed by atoms with E-state index in [0.717, 1.165) is 31.2 Å². The molecule has 1 aliphatic rings. The van der Waals surface area contributed by atoms with Crippen molar-refractivity contribution in [3.8, 4) is 0 Å². The Morgan fingerprint density at radius 2 is 1.77 bits per heavy atom. The Morgan fingerprint density at radius 1 is 1.08 bits per heavy atom. The molecule has 1 amide bonds. The van der Waals surface area contributed by atoms with Gasteiger partial charge in [-0.3, -0.25) is 4.79 Å². The molecule has 0 bridgehead atoms. The van der Waals surface area contributed by atoms with E-state index < -0.39 is 10.0 Å². The number of hydrogen-bond acceptors (Lipinski definition) is 3. The van der Waals surface area contributed by atoms with Crippen LogP contribution in [-0.2, 0) is 16.6 Å². The van der Waals surface area contributed by atoms with Gasteiger partial charge in [-0.25, -0.2) is 13.1 Å². The van der Waals surface area contributed by atoms with Crippen LogP contribution in [0.4, 0.5) is 0 Å². The molecular formula is C20H24N2O3S. The summed E-state index contributed by atoms with van der Waals surface area (Å²) in [5.41, 5.74) is 1.40. The van der Waals surface area contributed by atoms with Crippen LogP contribution in [0.15, 0.2) is 59.5 Å². The van der Waals surface area contributed by atoms with Gasteiger partial charge >= 0.3 is 0 Å². The van der Waals surface area contributed by atoms with Crippen molar-refractivity contribution in [2.45, 2.75) is 43.2 Å². The van der Waals surface area contributed by atoms with Gasteiger partial charge in [-0.15, -0.1) is 0 Å². The number of carbonyl (C=O) groups excluding carboxylic acids is 1. The number of carbonyl (C=O) groups is 1. The number of amides is 1. The fourth-order valence-corrected chi connectivity index (χ4v) is 4.63. The van der Waals surface area contributed by atoms with Crippen molar-refractivity contribution in [3.05, 3.63) is 65.7 Å². The first-order valence-corrected chi connectivity index (χ1v) is 10.4. The van der Waals surface area contributed by atoms with Crippen LogP contribution >= 0.6 is 0 Å². The van der Waals surface area contributed by atoms with Gasteiger partial charge in [0.25, 0.3) is 5.91 Å². The minimum Gasteiger partial charge on any atom is -0.337 e. The second-order valence-electron chi connectivity index (χ2n) is 6.78. The Hall–Kier alpha value is -2.18. The summed E-state index contributed by atoms with van der Waals surface area (Å²) in [5, 5.41) is 0. The van der Waals surface area contributed by atoms with Gasteiger partial charge in [-0.05, 0) is 36.6 Å². The maximum atomic E-state index is 12.7. The average Bonchev–Trinajstić information content (AvgIpc) is 3.14. The molecule has 26 heavy (non-hydrogen) atoms. The highest BCUT2D eigenvalue weighted by Crippen LogP contribution is 2.21. The molecular weight excluding hydrogens is 348 g/mol. The van der Waals surface area contributed by atoms with Crippen molar-refractivity contribution < 1.29 is 13.2 Å². The number of nitrogens with one attached hydrogen (secondary N) is 1. The normalized spacial score (nSPS) is 15.1. The topological polar surface area (TPSA) is 66.5 Å². The lowest BCUT2D eigenvalue weighted by Crippen LogP contribution is -2.33. The van der Waals surface area contributed by atoms with Gasteiger partial charge in [0.15, 0.2) is 0 Å². The molecule has 5 nitrogen and oxygen atoms in total. The van der Waals surface area contributed by atoms with E-state index in [-0.39, 0.29) is 16.8 Å². The first-order chi connectivity index (χ1) is 12.5. The molecule has 0 saturated heterocycles. The zero-order valence-corrected chi connectivity index (χ0v) is 15.7. The van der Waals surface area contributed by atoms with E-state index in [1.165, 1.54) is 12.1 Å². The number of benzene rings is 2. The van der Waals surface area contributed by atoms with Gasteiger partial charge in [0.2, 0.25) is 10.0 Å². The van der Waals surface area contributed by atoms with Crippen molar-refractivity contribution in [1.29, 1.82) is 0 Å². The first-order valence-electron chi connectivity index (χ1n) is 8.87. The van der Waals surface area contributed by atoms with E-state index in [1.54, 1.807) is 24.1 Å². The third kappa shape index (κ3) is 4.51. The lowest BCUT2D eigenvalue weighted by molar-refractivity contribution is 0.0785. The van der Waals surface area contributed by atoms with Crippen LogP contribution in [0.5, 0.6) is 0 Å². The molecule has 1 saturated carbocycles. The van der Waals surface area contributed by atoms with Crippen molar-refractivity contribution >= 4 is 15.9 Å². The molecule has 3 rings (SSSR count). The summed E-state index contributed by atoms with van der Waals surface area (Å²) in [4.78, 5) is 14.4. The summed E-state index contributed by atoms with van der Waals surface area (Å²) in [5.74, 6) is -0.202. The number of sulfonamides is 1. The van der Waals surface area contributed by atoms with E-state index in [4.69, 9.17) is 0 Å². The van der Waals surface area contributed by atoms with Gasteiger partial charge in [0.1, 0.15) is 0 Å². The summed E-state index contributed by atoms with van der Waals surface area (Å²) < 4.78 is 27.9. The molecule has 1 N–H and O–H groups in total. The SMILES string of the molecule is CN(Cc1ccccc1)C(=O)c1cccc(S(=O)(=O)NC2CCCC2)c1. The largest absolute Gasteiger partial charge is 0.337 e. The average molecular weight is 372 g/mol. The van der Waals surface area contributed by atoms with E-state index in [1.807, 2.05) is 30.3 Å². The van der Waals surface area contributed by atoms with Crippen LogP contribution in [0, 0.1) is 0 Å². The van der Waals surface area contributed by atoms with Crippen LogP contribution in [0.3, 0.4) is 0 Å². The van der Waals surface area contributed by atoms with Gasteiger partial charge in [0, 0.05) is 25.2 Å². The number of nitrogens with zero attached hydrogens (tertiary/aromatic N) is 1. The summed E-state index contributed by atoms with van der Waals surface area (Å²) in [6.07, 6.45) is 3.85.